The quantitative estimate of drug-likeness (QED) is 0.174. The van der Waals surface area contributed by atoms with Crippen molar-refractivity contribution in [3.8, 4) is 11.1 Å². The lowest BCUT2D eigenvalue weighted by atomic mass is 9.95. The number of benzene rings is 9. The van der Waals surface area contributed by atoms with Gasteiger partial charge >= 0.3 is 0 Å². The van der Waals surface area contributed by atoms with Crippen LogP contribution in [0, 0.1) is 0 Å². The van der Waals surface area contributed by atoms with Crippen molar-refractivity contribution in [3.63, 3.8) is 0 Å². The smallest absolute Gasteiger partial charge is 0.143 e. The van der Waals surface area contributed by atoms with E-state index in [2.05, 4.69) is 181 Å². The molecule has 9 aromatic carbocycles. The van der Waals surface area contributed by atoms with Gasteiger partial charge in [0.1, 0.15) is 11.2 Å². The van der Waals surface area contributed by atoms with Crippen LogP contribution in [0.25, 0.3) is 85.6 Å². The first-order valence-corrected chi connectivity index (χ1v) is 18.2. The molecule has 238 valence electrons. The monoisotopic (exact) mass is 667 g/mol. The first-order chi connectivity index (χ1) is 25.3. The van der Waals surface area contributed by atoms with Crippen LogP contribution >= 0.6 is 11.3 Å². The Balaban J connectivity index is 1.21. The van der Waals surface area contributed by atoms with Gasteiger partial charge in [-0.15, -0.1) is 11.3 Å². The average Bonchev–Trinajstić information content (AvgIpc) is 3.76. The highest BCUT2D eigenvalue weighted by Crippen LogP contribution is 2.47. The van der Waals surface area contributed by atoms with Gasteiger partial charge in [0.05, 0.1) is 5.69 Å². The van der Waals surface area contributed by atoms with E-state index in [9.17, 15) is 0 Å². The fraction of sp³-hybridized carbons (Fsp3) is 0. The molecule has 0 amide bonds. The maximum atomic E-state index is 6.71. The van der Waals surface area contributed by atoms with E-state index in [1.165, 1.54) is 58.2 Å². The van der Waals surface area contributed by atoms with Gasteiger partial charge in [-0.25, -0.2) is 0 Å². The van der Waals surface area contributed by atoms with Gasteiger partial charge in [-0.3, -0.25) is 0 Å². The lowest BCUT2D eigenvalue weighted by molar-refractivity contribution is 0.672. The van der Waals surface area contributed by atoms with Crippen molar-refractivity contribution in [2.75, 3.05) is 4.90 Å². The van der Waals surface area contributed by atoms with Gasteiger partial charge in [0.25, 0.3) is 0 Å². The predicted molar refractivity (Wildman–Crippen MR) is 219 cm³/mol. The maximum Gasteiger partial charge on any atom is 0.143 e. The first kappa shape index (κ1) is 28.4. The summed E-state index contributed by atoms with van der Waals surface area (Å²) in [6.45, 7) is 0. The molecule has 2 nitrogen and oxygen atoms in total. The fourth-order valence-electron chi connectivity index (χ4n) is 8.08. The van der Waals surface area contributed by atoms with Crippen LogP contribution in [0.1, 0.15) is 0 Å². The minimum Gasteiger partial charge on any atom is -0.455 e. The van der Waals surface area contributed by atoms with Crippen molar-refractivity contribution in [3.05, 3.63) is 176 Å². The zero-order valence-electron chi connectivity index (χ0n) is 27.5. The largest absolute Gasteiger partial charge is 0.455 e. The van der Waals surface area contributed by atoms with E-state index in [4.69, 9.17) is 4.42 Å². The minimum absolute atomic E-state index is 0.882. The summed E-state index contributed by atoms with van der Waals surface area (Å²) in [5.41, 5.74) is 7.56. The van der Waals surface area contributed by atoms with Gasteiger partial charge < -0.3 is 9.32 Å². The summed E-state index contributed by atoms with van der Waals surface area (Å²) in [6, 6.07) is 63.8. The lowest BCUT2D eigenvalue weighted by Crippen LogP contribution is -2.10. The number of rotatable bonds is 4. The van der Waals surface area contributed by atoms with Gasteiger partial charge in [-0.05, 0) is 81.2 Å². The Kier molecular flexibility index (Phi) is 6.16. The summed E-state index contributed by atoms with van der Waals surface area (Å²) in [4.78, 5) is 2.44. The molecule has 0 aliphatic carbocycles. The van der Waals surface area contributed by atoms with Gasteiger partial charge in [0, 0.05) is 53.1 Å². The molecule has 11 aromatic rings. The van der Waals surface area contributed by atoms with Crippen LogP contribution in [-0.2, 0) is 0 Å². The standard InChI is InChI=1S/C48H29NOS/c1-2-12-30(13-3-1)41-29-43-42-27-32(23-25-45(42)50-48(43)40-20-9-7-17-36(40)41)49(33-22-24-39-38-19-10-11-21-46(38)51-47(39)28-33)44-26-31-14-4-5-15-34(31)35-16-6-8-18-37(35)44/h1-29H. The summed E-state index contributed by atoms with van der Waals surface area (Å²) in [5, 5.41) is 12.1. The van der Waals surface area contributed by atoms with Crippen LogP contribution in [0.4, 0.5) is 17.1 Å². The maximum absolute atomic E-state index is 6.71. The van der Waals surface area contributed by atoms with E-state index < -0.39 is 0 Å². The molecule has 51 heavy (non-hydrogen) atoms. The molecule has 0 radical (unpaired) electrons. The molecule has 0 aliphatic rings. The second-order valence-electron chi connectivity index (χ2n) is 13.3. The molecular formula is C48H29NOS. The Labute approximate surface area is 298 Å². The molecule has 0 unspecified atom stereocenters. The second-order valence-corrected chi connectivity index (χ2v) is 14.4. The molecule has 11 rings (SSSR count). The summed E-state index contributed by atoms with van der Waals surface area (Å²) in [6.07, 6.45) is 0. The van der Waals surface area contributed by atoms with Gasteiger partial charge in [0.2, 0.25) is 0 Å². The van der Waals surface area contributed by atoms with Crippen molar-refractivity contribution < 1.29 is 4.42 Å². The number of anilines is 3. The van der Waals surface area contributed by atoms with Crippen molar-refractivity contribution in [2.45, 2.75) is 0 Å². The molecule has 0 aliphatic heterocycles. The van der Waals surface area contributed by atoms with Crippen LogP contribution in [-0.4, -0.2) is 0 Å². The molecule has 0 atom stereocenters. The van der Waals surface area contributed by atoms with Crippen molar-refractivity contribution in [1.82, 2.24) is 0 Å². The Bertz CT molecular complexity index is 3150. The number of furan rings is 1. The molecule has 0 saturated heterocycles. The Morgan fingerprint density at radius 1 is 0.392 bits per heavy atom. The van der Waals surface area contributed by atoms with E-state index in [0.29, 0.717) is 0 Å². The zero-order chi connectivity index (χ0) is 33.5. The van der Waals surface area contributed by atoms with E-state index >= 15 is 0 Å². The van der Waals surface area contributed by atoms with Crippen molar-refractivity contribution >= 4 is 103 Å². The number of fused-ring (bicyclic) bond motifs is 11. The zero-order valence-corrected chi connectivity index (χ0v) is 28.3. The molecule has 0 bridgehead atoms. The molecule has 3 heteroatoms. The Hall–Kier alpha value is -6.42. The highest BCUT2D eigenvalue weighted by Gasteiger charge is 2.21. The minimum atomic E-state index is 0.882. The summed E-state index contributed by atoms with van der Waals surface area (Å²) >= 11 is 1.85. The molecule has 0 N–H and O–H groups in total. The van der Waals surface area contributed by atoms with Crippen LogP contribution in [0.2, 0.25) is 0 Å². The normalized spacial score (nSPS) is 11.9. The van der Waals surface area contributed by atoms with Crippen LogP contribution in [0.5, 0.6) is 0 Å². The van der Waals surface area contributed by atoms with Crippen molar-refractivity contribution in [2.24, 2.45) is 0 Å². The molecule has 2 aromatic heterocycles. The van der Waals surface area contributed by atoms with E-state index in [1.807, 2.05) is 11.3 Å². The summed E-state index contributed by atoms with van der Waals surface area (Å²) in [5.74, 6) is 0. The topological polar surface area (TPSA) is 16.4 Å². The third-order valence-electron chi connectivity index (χ3n) is 10.4. The van der Waals surface area contributed by atoms with E-state index in [0.717, 1.165) is 44.4 Å². The highest BCUT2D eigenvalue weighted by molar-refractivity contribution is 7.25. The average molecular weight is 668 g/mol. The predicted octanol–water partition coefficient (Wildman–Crippen LogP) is 14.6. The van der Waals surface area contributed by atoms with Gasteiger partial charge in [-0.1, -0.05) is 127 Å². The fourth-order valence-corrected chi connectivity index (χ4v) is 9.22. The number of thiophene rings is 1. The first-order valence-electron chi connectivity index (χ1n) is 17.3. The third kappa shape index (κ3) is 4.35. The third-order valence-corrected chi connectivity index (χ3v) is 11.5. The Morgan fingerprint density at radius 3 is 1.90 bits per heavy atom. The van der Waals surface area contributed by atoms with Gasteiger partial charge in [-0.2, -0.15) is 0 Å². The summed E-state index contributed by atoms with van der Waals surface area (Å²) in [7, 11) is 0. The number of hydrogen-bond donors (Lipinski definition) is 0. The molecule has 0 fully saturated rings. The number of nitrogens with zero attached hydrogens (tertiary/aromatic N) is 1. The highest BCUT2D eigenvalue weighted by atomic mass is 32.1. The molecule has 0 spiro atoms. The SMILES string of the molecule is c1ccc(-c2cc3c4cc(N(c5ccc6c(c5)sc5ccccc56)c5cc6ccccc6c6ccccc56)ccc4oc3c3ccccc23)cc1. The summed E-state index contributed by atoms with van der Waals surface area (Å²) < 4.78 is 9.29. The molecule has 0 saturated carbocycles. The second kappa shape index (κ2) is 11.0. The van der Waals surface area contributed by atoms with Crippen molar-refractivity contribution in [1.29, 1.82) is 0 Å². The lowest BCUT2D eigenvalue weighted by Gasteiger charge is -2.27. The van der Waals surface area contributed by atoms with E-state index in [-0.39, 0.29) is 0 Å². The number of hydrogen-bond acceptors (Lipinski definition) is 3. The Morgan fingerprint density at radius 2 is 1.04 bits per heavy atom. The van der Waals surface area contributed by atoms with Gasteiger partial charge in [0.15, 0.2) is 0 Å². The van der Waals surface area contributed by atoms with E-state index in [1.54, 1.807) is 0 Å². The van der Waals surface area contributed by atoms with Crippen LogP contribution in [0.15, 0.2) is 180 Å². The van der Waals surface area contributed by atoms with Crippen LogP contribution in [0.3, 0.4) is 0 Å². The molecular weight excluding hydrogens is 639 g/mol. The molecule has 2 heterocycles. The van der Waals surface area contributed by atoms with Crippen LogP contribution < -0.4 is 4.90 Å².